The lowest BCUT2D eigenvalue weighted by Crippen LogP contribution is -2.57. The molecule has 0 saturated carbocycles. The van der Waals surface area contributed by atoms with Crippen LogP contribution >= 0.6 is 11.6 Å². The summed E-state index contributed by atoms with van der Waals surface area (Å²) in [7, 11) is 0. The Morgan fingerprint density at radius 2 is 1.88 bits per heavy atom. The van der Waals surface area contributed by atoms with Crippen LogP contribution in [0.1, 0.15) is 46.6 Å². The summed E-state index contributed by atoms with van der Waals surface area (Å²) in [4.78, 5) is 26.8. The molecule has 4 nitrogen and oxygen atoms in total. The Hall–Kier alpha value is -1.81. The number of amides is 2. The fourth-order valence-electron chi connectivity index (χ4n) is 3.53. The van der Waals surface area contributed by atoms with E-state index in [1.54, 1.807) is 6.20 Å². The zero-order chi connectivity index (χ0) is 19.5. The standard InChI is InChI=1S/C21H29ClN2O2/c1-15(2)21(16-9-7-6-8-10-16)11-12-24(18(25)14-22)17(13-21)19(26)23-20(3,4)5/h6-12,15,17H,13-14H2,1-5H3,(H,23,26)/t17-,21+/m0/s1. The van der Waals surface area contributed by atoms with Crippen LogP contribution in [0.25, 0.3) is 0 Å². The predicted molar refractivity (Wildman–Crippen MR) is 106 cm³/mol. The molecule has 1 aromatic rings. The molecule has 1 heterocycles. The van der Waals surface area contributed by atoms with E-state index in [-0.39, 0.29) is 34.6 Å². The summed E-state index contributed by atoms with van der Waals surface area (Å²) in [6.07, 6.45) is 4.32. The fourth-order valence-corrected chi connectivity index (χ4v) is 3.66. The Balaban J connectivity index is 2.49. The Kier molecular flexibility index (Phi) is 6.17. The maximum Gasteiger partial charge on any atom is 0.243 e. The normalized spacial score (nSPS) is 23.2. The average molecular weight is 377 g/mol. The molecule has 0 aromatic heterocycles. The molecule has 1 aromatic carbocycles. The third-order valence-electron chi connectivity index (χ3n) is 4.94. The van der Waals surface area contributed by atoms with Gasteiger partial charge in [0.25, 0.3) is 0 Å². The number of rotatable bonds is 4. The van der Waals surface area contributed by atoms with Gasteiger partial charge in [-0.25, -0.2) is 0 Å². The van der Waals surface area contributed by atoms with Gasteiger partial charge in [-0.05, 0) is 38.7 Å². The largest absolute Gasteiger partial charge is 0.350 e. The van der Waals surface area contributed by atoms with Crippen LogP contribution in [0.5, 0.6) is 0 Å². The molecule has 0 radical (unpaired) electrons. The molecular formula is C21H29ClN2O2. The quantitative estimate of drug-likeness (QED) is 0.811. The molecule has 0 aliphatic carbocycles. The topological polar surface area (TPSA) is 49.4 Å². The van der Waals surface area contributed by atoms with E-state index in [0.29, 0.717) is 6.42 Å². The lowest BCUT2D eigenvalue weighted by molar-refractivity contribution is -0.138. The molecule has 0 saturated heterocycles. The van der Waals surface area contributed by atoms with Crippen molar-refractivity contribution in [3.63, 3.8) is 0 Å². The van der Waals surface area contributed by atoms with Crippen LogP contribution in [0, 0.1) is 5.92 Å². The second-order valence-electron chi connectivity index (χ2n) is 8.27. The van der Waals surface area contributed by atoms with E-state index in [0.717, 1.165) is 5.56 Å². The SMILES string of the molecule is CC(C)[C@@]1(c2ccccc2)C=CN(C(=O)CCl)[C@H](C(=O)NC(C)(C)C)C1. The Morgan fingerprint density at radius 1 is 1.27 bits per heavy atom. The maximum atomic E-state index is 13.0. The molecule has 5 heteroatoms. The van der Waals surface area contributed by atoms with Crippen molar-refractivity contribution in [2.75, 3.05) is 5.88 Å². The summed E-state index contributed by atoms with van der Waals surface area (Å²) in [6, 6.07) is 9.58. The molecule has 26 heavy (non-hydrogen) atoms. The van der Waals surface area contributed by atoms with E-state index in [4.69, 9.17) is 11.6 Å². The van der Waals surface area contributed by atoms with Gasteiger partial charge in [-0.3, -0.25) is 9.59 Å². The molecule has 2 atom stereocenters. The fraction of sp³-hybridized carbons (Fsp3) is 0.524. The van der Waals surface area contributed by atoms with Crippen LogP contribution in [-0.2, 0) is 15.0 Å². The van der Waals surface area contributed by atoms with E-state index in [9.17, 15) is 9.59 Å². The number of halogens is 1. The van der Waals surface area contributed by atoms with E-state index in [1.165, 1.54) is 4.90 Å². The van der Waals surface area contributed by atoms with Crippen molar-refractivity contribution in [1.29, 1.82) is 0 Å². The van der Waals surface area contributed by atoms with Gasteiger partial charge in [0.1, 0.15) is 11.9 Å². The summed E-state index contributed by atoms with van der Waals surface area (Å²) >= 11 is 5.78. The first kappa shape index (κ1) is 20.5. The van der Waals surface area contributed by atoms with Gasteiger partial charge in [-0.1, -0.05) is 50.3 Å². The lowest BCUT2D eigenvalue weighted by Gasteiger charge is -2.45. The number of alkyl halides is 1. The highest BCUT2D eigenvalue weighted by molar-refractivity contribution is 6.27. The Morgan fingerprint density at radius 3 is 2.38 bits per heavy atom. The van der Waals surface area contributed by atoms with E-state index in [2.05, 4.69) is 37.4 Å². The van der Waals surface area contributed by atoms with Crippen molar-refractivity contribution in [1.82, 2.24) is 10.2 Å². The van der Waals surface area contributed by atoms with Gasteiger partial charge in [-0.15, -0.1) is 11.6 Å². The van der Waals surface area contributed by atoms with Gasteiger partial charge in [-0.2, -0.15) is 0 Å². The Bertz CT molecular complexity index is 679. The molecule has 0 spiro atoms. The highest BCUT2D eigenvalue weighted by Crippen LogP contribution is 2.42. The molecule has 0 unspecified atom stereocenters. The molecule has 1 aliphatic rings. The molecule has 1 N–H and O–H groups in total. The van der Waals surface area contributed by atoms with Crippen molar-refractivity contribution in [2.45, 2.75) is 58.0 Å². The monoisotopic (exact) mass is 376 g/mol. The maximum absolute atomic E-state index is 13.0. The average Bonchev–Trinajstić information content (AvgIpc) is 2.59. The zero-order valence-corrected chi connectivity index (χ0v) is 17.0. The molecule has 142 valence electrons. The summed E-state index contributed by atoms with van der Waals surface area (Å²) in [5, 5.41) is 3.02. The Labute approximate surface area is 161 Å². The summed E-state index contributed by atoms with van der Waals surface area (Å²) < 4.78 is 0. The van der Waals surface area contributed by atoms with Gasteiger partial charge >= 0.3 is 0 Å². The molecular weight excluding hydrogens is 348 g/mol. The highest BCUT2D eigenvalue weighted by atomic mass is 35.5. The summed E-state index contributed by atoms with van der Waals surface area (Å²) in [5.41, 5.74) is 0.462. The van der Waals surface area contributed by atoms with Crippen molar-refractivity contribution in [3.05, 3.63) is 48.2 Å². The van der Waals surface area contributed by atoms with Crippen LogP contribution in [0.4, 0.5) is 0 Å². The number of carbonyl (C=O) groups excluding carboxylic acids is 2. The van der Waals surface area contributed by atoms with E-state index in [1.807, 2.05) is 39.0 Å². The van der Waals surface area contributed by atoms with Crippen molar-refractivity contribution >= 4 is 23.4 Å². The molecule has 0 fully saturated rings. The first-order valence-electron chi connectivity index (χ1n) is 9.05. The van der Waals surface area contributed by atoms with Crippen LogP contribution in [0.3, 0.4) is 0 Å². The number of hydrogen-bond acceptors (Lipinski definition) is 2. The minimum Gasteiger partial charge on any atom is -0.350 e. The third-order valence-corrected chi connectivity index (χ3v) is 5.17. The van der Waals surface area contributed by atoms with Crippen LogP contribution in [0.15, 0.2) is 42.6 Å². The lowest BCUT2D eigenvalue weighted by atomic mass is 9.66. The first-order chi connectivity index (χ1) is 12.1. The van der Waals surface area contributed by atoms with Gasteiger partial charge < -0.3 is 10.2 Å². The zero-order valence-electron chi connectivity index (χ0n) is 16.3. The van der Waals surface area contributed by atoms with Gasteiger partial charge in [0, 0.05) is 17.2 Å². The van der Waals surface area contributed by atoms with E-state index < -0.39 is 6.04 Å². The second kappa shape index (κ2) is 7.83. The van der Waals surface area contributed by atoms with Gasteiger partial charge in [0.2, 0.25) is 11.8 Å². The summed E-state index contributed by atoms with van der Waals surface area (Å²) in [6.45, 7) is 10.1. The number of benzene rings is 1. The molecule has 1 aliphatic heterocycles. The van der Waals surface area contributed by atoms with Crippen LogP contribution < -0.4 is 5.32 Å². The predicted octanol–water partition coefficient (Wildman–Crippen LogP) is 3.85. The molecule has 2 amide bonds. The minimum absolute atomic E-state index is 0.149. The van der Waals surface area contributed by atoms with Crippen LogP contribution in [0.2, 0.25) is 0 Å². The number of nitrogens with zero attached hydrogens (tertiary/aromatic N) is 1. The minimum atomic E-state index is -0.590. The molecule has 2 rings (SSSR count). The highest BCUT2D eigenvalue weighted by Gasteiger charge is 2.44. The van der Waals surface area contributed by atoms with Gasteiger partial charge in [0.05, 0.1) is 0 Å². The van der Waals surface area contributed by atoms with E-state index >= 15 is 0 Å². The molecule has 0 bridgehead atoms. The second-order valence-corrected chi connectivity index (χ2v) is 8.54. The van der Waals surface area contributed by atoms with Crippen LogP contribution in [-0.4, -0.2) is 34.2 Å². The number of allylic oxidation sites excluding steroid dienone is 1. The third kappa shape index (κ3) is 4.29. The number of nitrogens with one attached hydrogen (secondary N) is 1. The number of carbonyl (C=O) groups is 2. The van der Waals surface area contributed by atoms with Gasteiger partial charge in [0.15, 0.2) is 0 Å². The van der Waals surface area contributed by atoms with Crippen molar-refractivity contribution < 1.29 is 9.59 Å². The smallest absolute Gasteiger partial charge is 0.243 e. The van der Waals surface area contributed by atoms with Crippen molar-refractivity contribution in [2.24, 2.45) is 5.92 Å². The summed E-state index contributed by atoms with van der Waals surface area (Å²) in [5.74, 6) is -0.299. The number of hydrogen-bond donors (Lipinski definition) is 1. The first-order valence-corrected chi connectivity index (χ1v) is 9.58. The van der Waals surface area contributed by atoms with Crippen molar-refractivity contribution in [3.8, 4) is 0 Å².